The van der Waals surface area contributed by atoms with Crippen molar-refractivity contribution < 1.29 is 14.3 Å². The van der Waals surface area contributed by atoms with Gasteiger partial charge in [0.2, 0.25) is 0 Å². The molecule has 0 saturated heterocycles. The molecule has 106 valence electrons. The van der Waals surface area contributed by atoms with Crippen LogP contribution in [-0.4, -0.2) is 34.5 Å². The largest absolute Gasteiger partial charge is 0.492 e. The van der Waals surface area contributed by atoms with Crippen molar-refractivity contribution in [1.29, 1.82) is 0 Å². The number of carbonyl (C=O) groups excluding carboxylic acids is 1. The van der Waals surface area contributed by atoms with E-state index >= 15 is 0 Å². The van der Waals surface area contributed by atoms with Crippen LogP contribution in [0.3, 0.4) is 0 Å². The normalized spacial score (nSPS) is 10.3. The summed E-state index contributed by atoms with van der Waals surface area (Å²) < 4.78 is 11.7. The van der Waals surface area contributed by atoms with E-state index in [1.807, 2.05) is 18.2 Å². The van der Waals surface area contributed by atoms with Crippen molar-refractivity contribution in [2.24, 2.45) is 0 Å². The van der Waals surface area contributed by atoms with E-state index < -0.39 is 5.97 Å². The van der Waals surface area contributed by atoms with Crippen LogP contribution >= 0.6 is 0 Å². The fourth-order valence-corrected chi connectivity index (χ4v) is 1.70. The number of benzene rings is 1. The molecule has 0 spiro atoms. The molecule has 6 heteroatoms. The van der Waals surface area contributed by atoms with E-state index in [-0.39, 0.29) is 5.82 Å². The van der Waals surface area contributed by atoms with Gasteiger partial charge in [-0.05, 0) is 24.1 Å². The lowest BCUT2D eigenvalue weighted by Gasteiger charge is -2.07. The highest BCUT2D eigenvalue weighted by Crippen LogP contribution is 2.13. The van der Waals surface area contributed by atoms with Crippen LogP contribution in [0.2, 0.25) is 0 Å². The molecule has 2 rings (SSSR count). The standard InChI is InChI=1S/C14H17N3O3/c1-3-11-5-4-6-12(9-11)20-8-7-17-10-15-13(16-17)14(18)19-2/h4-6,9-10H,3,7-8H2,1-2H3. The third kappa shape index (κ3) is 3.57. The van der Waals surface area contributed by atoms with Gasteiger partial charge in [-0.1, -0.05) is 19.1 Å². The summed E-state index contributed by atoms with van der Waals surface area (Å²) in [5.41, 5.74) is 1.23. The first-order chi connectivity index (χ1) is 9.72. The molecule has 0 N–H and O–H groups in total. The third-order valence-electron chi connectivity index (χ3n) is 2.80. The van der Waals surface area contributed by atoms with E-state index in [0.29, 0.717) is 13.2 Å². The Morgan fingerprint density at radius 1 is 1.40 bits per heavy atom. The smallest absolute Gasteiger partial charge is 0.377 e. The number of aryl methyl sites for hydroxylation is 1. The molecule has 0 fully saturated rings. The van der Waals surface area contributed by atoms with Gasteiger partial charge in [-0.25, -0.2) is 14.5 Å². The number of rotatable bonds is 6. The second-order valence-corrected chi connectivity index (χ2v) is 4.17. The second-order valence-electron chi connectivity index (χ2n) is 4.17. The fraction of sp³-hybridized carbons (Fsp3) is 0.357. The predicted octanol–water partition coefficient (Wildman–Crippen LogP) is 1.71. The molecule has 0 atom stereocenters. The van der Waals surface area contributed by atoms with E-state index in [1.165, 1.54) is 19.0 Å². The number of methoxy groups -OCH3 is 1. The van der Waals surface area contributed by atoms with Crippen LogP contribution < -0.4 is 4.74 Å². The molecule has 0 bridgehead atoms. The fourth-order valence-electron chi connectivity index (χ4n) is 1.70. The molecule has 2 aromatic rings. The highest BCUT2D eigenvalue weighted by Gasteiger charge is 2.10. The van der Waals surface area contributed by atoms with Crippen LogP contribution in [-0.2, 0) is 17.7 Å². The molecule has 1 heterocycles. The van der Waals surface area contributed by atoms with E-state index in [1.54, 1.807) is 4.68 Å². The lowest BCUT2D eigenvalue weighted by Crippen LogP contribution is -2.10. The summed E-state index contributed by atoms with van der Waals surface area (Å²) in [6, 6.07) is 7.97. The molecule has 0 aliphatic carbocycles. The van der Waals surface area contributed by atoms with Crippen molar-refractivity contribution in [2.45, 2.75) is 19.9 Å². The van der Waals surface area contributed by atoms with Gasteiger partial charge in [0.15, 0.2) is 0 Å². The molecular weight excluding hydrogens is 258 g/mol. The lowest BCUT2D eigenvalue weighted by atomic mass is 10.2. The summed E-state index contributed by atoms with van der Waals surface area (Å²) in [6.07, 6.45) is 2.46. The van der Waals surface area contributed by atoms with E-state index in [2.05, 4.69) is 27.8 Å². The van der Waals surface area contributed by atoms with Crippen molar-refractivity contribution in [2.75, 3.05) is 13.7 Å². The summed E-state index contributed by atoms with van der Waals surface area (Å²) in [5, 5.41) is 4.00. The monoisotopic (exact) mass is 275 g/mol. The number of hydrogen-bond donors (Lipinski definition) is 0. The molecule has 1 aromatic carbocycles. The van der Waals surface area contributed by atoms with Crippen LogP contribution in [0.4, 0.5) is 0 Å². The van der Waals surface area contributed by atoms with Crippen LogP contribution in [0.25, 0.3) is 0 Å². The van der Waals surface area contributed by atoms with Gasteiger partial charge in [-0.2, -0.15) is 0 Å². The Morgan fingerprint density at radius 3 is 3.00 bits per heavy atom. The molecule has 0 radical (unpaired) electrons. The molecule has 20 heavy (non-hydrogen) atoms. The molecule has 0 unspecified atom stereocenters. The van der Waals surface area contributed by atoms with Gasteiger partial charge in [-0.15, -0.1) is 5.10 Å². The Balaban J connectivity index is 1.86. The zero-order chi connectivity index (χ0) is 14.4. The quantitative estimate of drug-likeness (QED) is 0.751. The predicted molar refractivity (Wildman–Crippen MR) is 72.7 cm³/mol. The minimum absolute atomic E-state index is 0.0560. The molecule has 0 aliphatic rings. The maximum atomic E-state index is 11.2. The number of hydrogen-bond acceptors (Lipinski definition) is 5. The summed E-state index contributed by atoms with van der Waals surface area (Å²) in [6.45, 7) is 3.07. The van der Waals surface area contributed by atoms with Gasteiger partial charge < -0.3 is 9.47 Å². The zero-order valence-electron chi connectivity index (χ0n) is 11.6. The van der Waals surface area contributed by atoms with Crippen molar-refractivity contribution in [3.63, 3.8) is 0 Å². The van der Waals surface area contributed by atoms with E-state index in [9.17, 15) is 4.79 Å². The minimum atomic E-state index is -0.541. The summed E-state index contributed by atoms with van der Waals surface area (Å²) in [4.78, 5) is 15.1. The van der Waals surface area contributed by atoms with Crippen LogP contribution in [0.1, 0.15) is 23.1 Å². The van der Waals surface area contributed by atoms with Gasteiger partial charge in [0.05, 0.1) is 13.7 Å². The SMILES string of the molecule is CCc1cccc(OCCn2cnc(C(=O)OC)n2)c1. The van der Waals surface area contributed by atoms with E-state index in [4.69, 9.17) is 4.74 Å². The zero-order valence-corrected chi connectivity index (χ0v) is 11.6. The lowest BCUT2D eigenvalue weighted by molar-refractivity contribution is 0.0586. The topological polar surface area (TPSA) is 66.2 Å². The van der Waals surface area contributed by atoms with Crippen molar-refractivity contribution in [3.05, 3.63) is 42.0 Å². The minimum Gasteiger partial charge on any atom is -0.492 e. The molecule has 6 nitrogen and oxygen atoms in total. The second kappa shape index (κ2) is 6.70. The molecule has 1 aromatic heterocycles. The summed E-state index contributed by atoms with van der Waals surface area (Å²) in [5.74, 6) is 0.346. The Hall–Kier alpha value is -2.37. The van der Waals surface area contributed by atoms with Gasteiger partial charge >= 0.3 is 5.97 Å². The maximum Gasteiger partial charge on any atom is 0.377 e. The van der Waals surface area contributed by atoms with Crippen molar-refractivity contribution >= 4 is 5.97 Å². The van der Waals surface area contributed by atoms with E-state index in [0.717, 1.165) is 12.2 Å². The molecule has 0 aliphatic heterocycles. The highest BCUT2D eigenvalue weighted by molar-refractivity contribution is 5.84. The Labute approximate surface area is 117 Å². The van der Waals surface area contributed by atoms with Gasteiger partial charge in [-0.3, -0.25) is 0 Å². The van der Waals surface area contributed by atoms with Crippen molar-refractivity contribution in [3.8, 4) is 5.75 Å². The van der Waals surface area contributed by atoms with Crippen molar-refractivity contribution in [1.82, 2.24) is 14.8 Å². The first-order valence-corrected chi connectivity index (χ1v) is 6.42. The van der Waals surface area contributed by atoms with Gasteiger partial charge in [0, 0.05) is 0 Å². The third-order valence-corrected chi connectivity index (χ3v) is 2.80. The number of nitrogens with zero attached hydrogens (tertiary/aromatic N) is 3. The maximum absolute atomic E-state index is 11.2. The highest BCUT2D eigenvalue weighted by atomic mass is 16.5. The summed E-state index contributed by atoms with van der Waals surface area (Å²) in [7, 11) is 1.30. The Morgan fingerprint density at radius 2 is 2.25 bits per heavy atom. The molecule has 0 saturated carbocycles. The van der Waals surface area contributed by atoms with Crippen LogP contribution in [0, 0.1) is 0 Å². The summed E-state index contributed by atoms with van der Waals surface area (Å²) >= 11 is 0. The van der Waals surface area contributed by atoms with Crippen LogP contribution in [0.15, 0.2) is 30.6 Å². The Bertz CT molecular complexity index is 581. The number of ether oxygens (including phenoxy) is 2. The van der Waals surface area contributed by atoms with Crippen LogP contribution in [0.5, 0.6) is 5.75 Å². The molecular formula is C14H17N3O3. The first-order valence-electron chi connectivity index (χ1n) is 6.42. The molecule has 0 amide bonds. The average molecular weight is 275 g/mol. The van der Waals surface area contributed by atoms with Gasteiger partial charge in [0.25, 0.3) is 5.82 Å². The number of carbonyl (C=O) groups is 1. The number of esters is 1. The number of aromatic nitrogens is 3. The average Bonchev–Trinajstić information content (AvgIpc) is 2.95. The Kier molecular flexibility index (Phi) is 4.70. The first kappa shape index (κ1) is 14.0. The van der Waals surface area contributed by atoms with Gasteiger partial charge in [0.1, 0.15) is 18.7 Å².